The van der Waals surface area contributed by atoms with Gasteiger partial charge in [-0.15, -0.1) is 0 Å². The van der Waals surface area contributed by atoms with Crippen molar-refractivity contribution in [2.45, 2.75) is 24.3 Å². The van der Waals surface area contributed by atoms with Crippen LogP contribution >= 0.6 is 0 Å². The van der Waals surface area contributed by atoms with Gasteiger partial charge in [-0.25, -0.2) is 8.42 Å². The van der Waals surface area contributed by atoms with Crippen LogP contribution in [0.15, 0.2) is 82.8 Å². The maximum atomic E-state index is 13.7. The van der Waals surface area contributed by atoms with E-state index in [2.05, 4.69) is 9.82 Å². The number of rotatable bonds is 9. The van der Waals surface area contributed by atoms with Gasteiger partial charge in [-0.05, 0) is 66.6 Å². The summed E-state index contributed by atoms with van der Waals surface area (Å²) in [6.45, 7) is 1.55. The molecule has 36 heavy (non-hydrogen) atoms. The molecule has 0 saturated heterocycles. The maximum absolute atomic E-state index is 13.7. The maximum Gasteiger partial charge on any atom is 0.279 e. The van der Waals surface area contributed by atoms with Crippen molar-refractivity contribution < 1.29 is 26.3 Å². The highest BCUT2D eigenvalue weighted by Gasteiger charge is 2.37. The van der Waals surface area contributed by atoms with Gasteiger partial charge in [0.25, 0.3) is 10.0 Å². The van der Waals surface area contributed by atoms with Gasteiger partial charge in [-0.2, -0.15) is 17.9 Å². The number of benzene rings is 3. The lowest BCUT2D eigenvalue weighted by atomic mass is 9.99. The molecule has 0 saturated carbocycles. The third kappa shape index (κ3) is 5.31. The number of nitrogens with one attached hydrogen (secondary N) is 1. The third-order valence-electron chi connectivity index (χ3n) is 5.83. The number of nitrogens with zero attached hydrogens (tertiary/aromatic N) is 2. The Morgan fingerprint density at radius 1 is 0.917 bits per heavy atom. The summed E-state index contributed by atoms with van der Waals surface area (Å²) in [5, 5.41) is 4.53. The summed E-state index contributed by atoms with van der Waals surface area (Å²) in [6, 6.07) is 19.4. The molecule has 3 aromatic carbocycles. The standard InChI is InChI=1S/C25H27N3O6S2/c1-4-35(29,30)27-20-7-5-6-19(16-20)24-17-25(18-8-10-21(33-2)11-9-18)28(26-24)36(31,32)23-14-12-22(34-3)13-15-23/h5-16,25,27H,4,17H2,1-3H3. The molecule has 0 amide bonds. The molecule has 190 valence electrons. The number of hydrogen-bond acceptors (Lipinski definition) is 7. The van der Waals surface area contributed by atoms with E-state index in [1.807, 2.05) is 12.1 Å². The molecule has 9 nitrogen and oxygen atoms in total. The molecule has 11 heteroatoms. The Hall–Kier alpha value is -3.57. The molecule has 4 rings (SSSR count). The smallest absolute Gasteiger partial charge is 0.279 e. The summed E-state index contributed by atoms with van der Waals surface area (Å²) in [4.78, 5) is 0.0799. The first kappa shape index (κ1) is 25.5. The monoisotopic (exact) mass is 529 g/mol. The van der Waals surface area contributed by atoms with E-state index in [9.17, 15) is 16.8 Å². The Bertz CT molecular complexity index is 1470. The summed E-state index contributed by atoms with van der Waals surface area (Å²) in [5.41, 5.74) is 2.27. The minimum absolute atomic E-state index is 0.0639. The molecular formula is C25H27N3O6S2. The SMILES string of the molecule is CCS(=O)(=O)Nc1cccc(C2=NN(S(=O)(=O)c3ccc(OC)cc3)C(c3ccc(OC)cc3)C2)c1. The van der Waals surface area contributed by atoms with Crippen molar-refractivity contribution in [2.75, 3.05) is 24.7 Å². The lowest BCUT2D eigenvalue weighted by Gasteiger charge is -2.23. The lowest BCUT2D eigenvalue weighted by Crippen LogP contribution is -2.27. The van der Waals surface area contributed by atoms with Gasteiger partial charge in [0.05, 0.1) is 36.6 Å². The number of methoxy groups -OCH3 is 2. The van der Waals surface area contributed by atoms with Crippen molar-refractivity contribution in [2.24, 2.45) is 5.10 Å². The van der Waals surface area contributed by atoms with Gasteiger partial charge in [0.2, 0.25) is 10.0 Å². The zero-order chi connectivity index (χ0) is 25.9. The van der Waals surface area contributed by atoms with Crippen LogP contribution in [0.1, 0.15) is 30.5 Å². The van der Waals surface area contributed by atoms with E-state index in [4.69, 9.17) is 9.47 Å². The summed E-state index contributed by atoms with van der Waals surface area (Å²) in [5.74, 6) is 1.13. The molecule has 1 N–H and O–H groups in total. The minimum atomic E-state index is -4.01. The predicted octanol–water partition coefficient (Wildman–Crippen LogP) is 4.01. The fraction of sp³-hybridized carbons (Fsp3) is 0.240. The van der Waals surface area contributed by atoms with Gasteiger partial charge in [0.1, 0.15) is 11.5 Å². The van der Waals surface area contributed by atoms with Crippen LogP contribution < -0.4 is 14.2 Å². The van der Waals surface area contributed by atoms with Crippen LogP contribution in [0.3, 0.4) is 0 Å². The van der Waals surface area contributed by atoms with E-state index in [0.29, 0.717) is 34.9 Å². The number of ether oxygens (including phenoxy) is 2. The average Bonchev–Trinajstić information content (AvgIpc) is 3.35. The summed E-state index contributed by atoms with van der Waals surface area (Å²) in [6.07, 6.45) is 0.297. The van der Waals surface area contributed by atoms with Crippen molar-refractivity contribution in [1.29, 1.82) is 0 Å². The van der Waals surface area contributed by atoms with E-state index < -0.39 is 26.1 Å². The number of hydrazone groups is 1. The largest absolute Gasteiger partial charge is 0.497 e. The fourth-order valence-electron chi connectivity index (χ4n) is 3.83. The molecular weight excluding hydrogens is 502 g/mol. The Kier molecular flexibility index (Phi) is 7.23. The lowest BCUT2D eigenvalue weighted by molar-refractivity contribution is 0.370. The van der Waals surface area contributed by atoms with Gasteiger partial charge in [0.15, 0.2) is 0 Å². The van der Waals surface area contributed by atoms with Crippen LogP contribution in [0, 0.1) is 0 Å². The van der Waals surface area contributed by atoms with E-state index >= 15 is 0 Å². The molecule has 0 spiro atoms. The first-order chi connectivity index (χ1) is 17.2. The van der Waals surface area contributed by atoms with Gasteiger partial charge >= 0.3 is 0 Å². The fourth-order valence-corrected chi connectivity index (χ4v) is 5.89. The number of hydrogen-bond donors (Lipinski definition) is 1. The Morgan fingerprint density at radius 3 is 2.11 bits per heavy atom. The Morgan fingerprint density at radius 2 is 1.53 bits per heavy atom. The van der Waals surface area contributed by atoms with Crippen LogP contribution in [-0.4, -0.2) is 46.9 Å². The molecule has 0 aromatic heterocycles. The average molecular weight is 530 g/mol. The van der Waals surface area contributed by atoms with E-state index in [1.54, 1.807) is 62.6 Å². The van der Waals surface area contributed by atoms with Gasteiger partial charge in [-0.3, -0.25) is 4.72 Å². The first-order valence-electron chi connectivity index (χ1n) is 11.2. The van der Waals surface area contributed by atoms with E-state index in [1.165, 1.54) is 19.2 Å². The highest BCUT2D eigenvalue weighted by molar-refractivity contribution is 7.92. The molecule has 1 heterocycles. The molecule has 0 fully saturated rings. The quantitative estimate of drug-likeness (QED) is 0.448. The van der Waals surface area contributed by atoms with Gasteiger partial charge in [0, 0.05) is 12.1 Å². The predicted molar refractivity (Wildman–Crippen MR) is 138 cm³/mol. The molecule has 3 aromatic rings. The second kappa shape index (κ2) is 10.2. The Labute approximate surface area is 211 Å². The first-order valence-corrected chi connectivity index (χ1v) is 14.3. The second-order valence-electron chi connectivity index (χ2n) is 8.08. The normalized spacial score (nSPS) is 15.9. The van der Waals surface area contributed by atoms with Crippen LogP contribution in [0.2, 0.25) is 0 Å². The van der Waals surface area contributed by atoms with Crippen LogP contribution in [-0.2, 0) is 20.0 Å². The highest BCUT2D eigenvalue weighted by atomic mass is 32.2. The highest BCUT2D eigenvalue weighted by Crippen LogP contribution is 2.38. The van der Waals surface area contributed by atoms with Gasteiger partial charge in [-0.1, -0.05) is 24.3 Å². The summed E-state index contributed by atoms with van der Waals surface area (Å²) >= 11 is 0. The molecule has 1 aliphatic rings. The molecule has 0 bridgehead atoms. The van der Waals surface area contributed by atoms with Crippen molar-refractivity contribution in [1.82, 2.24) is 4.41 Å². The van der Waals surface area contributed by atoms with Crippen LogP contribution in [0.25, 0.3) is 0 Å². The molecule has 1 unspecified atom stereocenters. The molecule has 0 radical (unpaired) electrons. The number of sulfonamides is 2. The molecule has 1 atom stereocenters. The summed E-state index contributed by atoms with van der Waals surface area (Å²) < 4.78 is 65.4. The third-order valence-corrected chi connectivity index (χ3v) is 8.83. The minimum Gasteiger partial charge on any atom is -0.497 e. The Balaban J connectivity index is 1.75. The van der Waals surface area contributed by atoms with Crippen LogP contribution in [0.5, 0.6) is 11.5 Å². The zero-order valence-corrected chi connectivity index (χ0v) is 21.7. The molecule has 1 aliphatic heterocycles. The van der Waals surface area contributed by atoms with Gasteiger partial charge < -0.3 is 9.47 Å². The summed E-state index contributed by atoms with van der Waals surface area (Å²) in [7, 11) is -4.41. The number of anilines is 1. The topological polar surface area (TPSA) is 114 Å². The second-order valence-corrected chi connectivity index (χ2v) is 11.9. The van der Waals surface area contributed by atoms with Crippen molar-refractivity contribution in [3.8, 4) is 11.5 Å². The van der Waals surface area contributed by atoms with Crippen molar-refractivity contribution in [3.05, 3.63) is 83.9 Å². The van der Waals surface area contributed by atoms with Crippen molar-refractivity contribution >= 4 is 31.4 Å². The van der Waals surface area contributed by atoms with E-state index in [-0.39, 0.29) is 10.6 Å². The van der Waals surface area contributed by atoms with E-state index in [0.717, 1.165) is 9.98 Å². The molecule has 0 aliphatic carbocycles. The van der Waals surface area contributed by atoms with Crippen LogP contribution in [0.4, 0.5) is 5.69 Å². The zero-order valence-electron chi connectivity index (χ0n) is 20.1. The van der Waals surface area contributed by atoms with Crippen molar-refractivity contribution in [3.63, 3.8) is 0 Å².